The van der Waals surface area contributed by atoms with Crippen molar-refractivity contribution >= 4 is 28.6 Å². The molecule has 2 heterocycles. The summed E-state index contributed by atoms with van der Waals surface area (Å²) in [5.74, 6) is 0. The Hall–Kier alpha value is -2.61. The molecule has 0 unspecified atom stereocenters. The second-order valence-corrected chi connectivity index (χ2v) is 6.85. The van der Waals surface area contributed by atoms with E-state index in [4.69, 9.17) is 0 Å². The first-order chi connectivity index (χ1) is 12.3. The molecular weight excluding hydrogens is 304 g/mol. The van der Waals surface area contributed by atoms with Gasteiger partial charge in [0.2, 0.25) is 0 Å². The number of rotatable bonds is 3. The van der Waals surface area contributed by atoms with Crippen LogP contribution in [0.4, 0.5) is 5.69 Å². The second kappa shape index (κ2) is 7.10. The van der Waals surface area contributed by atoms with E-state index in [2.05, 4.69) is 77.5 Å². The lowest BCUT2D eigenvalue weighted by Gasteiger charge is -2.30. The van der Waals surface area contributed by atoms with E-state index < -0.39 is 0 Å². The molecule has 4 rings (SSSR count). The Labute approximate surface area is 149 Å². The first kappa shape index (κ1) is 15.9. The van der Waals surface area contributed by atoms with Gasteiger partial charge in [0.05, 0.1) is 5.69 Å². The van der Waals surface area contributed by atoms with E-state index in [1.807, 2.05) is 6.20 Å². The molecule has 3 aromatic rings. The molecule has 0 aliphatic carbocycles. The lowest BCUT2D eigenvalue weighted by Crippen LogP contribution is -2.30. The van der Waals surface area contributed by atoms with Crippen molar-refractivity contribution in [3.63, 3.8) is 0 Å². The molecule has 0 radical (unpaired) electrons. The zero-order chi connectivity index (χ0) is 17.1. The fourth-order valence-electron chi connectivity index (χ4n) is 3.67. The van der Waals surface area contributed by atoms with Crippen LogP contribution in [0.3, 0.4) is 0 Å². The van der Waals surface area contributed by atoms with Crippen LogP contribution < -0.4 is 4.90 Å². The molecule has 1 saturated heterocycles. The quantitative estimate of drug-likeness (QED) is 0.613. The molecule has 0 bridgehead atoms. The molecule has 2 aromatic carbocycles. The van der Waals surface area contributed by atoms with Crippen LogP contribution in [0, 0.1) is 6.92 Å². The zero-order valence-corrected chi connectivity index (χ0v) is 14.8. The maximum Gasteiger partial charge on any atom is 0.0650 e. The standard InChI is InChI=1S/C23H24N2/c1-18-17-24-21(16-23(18)25-14-5-2-6-15-25)13-12-20-10-7-9-19-8-3-4-11-22(19)20/h3-4,7-13,16-17H,2,5-6,14-15H2,1H3. The van der Waals surface area contributed by atoms with Gasteiger partial charge in [0.15, 0.2) is 0 Å². The first-order valence-electron chi connectivity index (χ1n) is 9.19. The van der Waals surface area contributed by atoms with E-state index in [1.165, 1.54) is 46.8 Å². The summed E-state index contributed by atoms with van der Waals surface area (Å²) in [5.41, 5.74) is 4.87. The van der Waals surface area contributed by atoms with Crippen LogP contribution in [0.1, 0.15) is 36.1 Å². The van der Waals surface area contributed by atoms with Gasteiger partial charge in [0, 0.05) is 25.0 Å². The van der Waals surface area contributed by atoms with Gasteiger partial charge < -0.3 is 4.90 Å². The highest BCUT2D eigenvalue weighted by atomic mass is 15.1. The average molecular weight is 328 g/mol. The molecule has 0 saturated carbocycles. The number of benzene rings is 2. The minimum Gasteiger partial charge on any atom is -0.371 e. The molecule has 0 atom stereocenters. The third kappa shape index (κ3) is 3.43. The Morgan fingerprint density at radius 1 is 0.920 bits per heavy atom. The van der Waals surface area contributed by atoms with Crippen molar-refractivity contribution < 1.29 is 0 Å². The lowest BCUT2D eigenvalue weighted by atomic mass is 10.0. The van der Waals surface area contributed by atoms with Crippen molar-refractivity contribution in [2.24, 2.45) is 0 Å². The van der Waals surface area contributed by atoms with Crippen LogP contribution in [0.2, 0.25) is 0 Å². The molecule has 2 nitrogen and oxygen atoms in total. The van der Waals surface area contributed by atoms with E-state index in [-0.39, 0.29) is 0 Å². The van der Waals surface area contributed by atoms with Gasteiger partial charge in [0.25, 0.3) is 0 Å². The van der Waals surface area contributed by atoms with Gasteiger partial charge in [-0.2, -0.15) is 0 Å². The molecule has 2 heteroatoms. The number of piperidine rings is 1. The predicted molar refractivity (Wildman–Crippen MR) is 108 cm³/mol. The Balaban J connectivity index is 1.65. The molecule has 126 valence electrons. The Bertz CT molecular complexity index is 900. The number of anilines is 1. The molecular formula is C23H24N2. The summed E-state index contributed by atoms with van der Waals surface area (Å²) in [6, 6.07) is 17.2. The number of hydrogen-bond acceptors (Lipinski definition) is 2. The Morgan fingerprint density at radius 2 is 1.72 bits per heavy atom. The largest absolute Gasteiger partial charge is 0.371 e. The summed E-state index contributed by atoms with van der Waals surface area (Å²) in [6.45, 7) is 4.49. The average Bonchev–Trinajstić information content (AvgIpc) is 2.68. The summed E-state index contributed by atoms with van der Waals surface area (Å²) in [6.07, 6.45) is 10.3. The highest BCUT2D eigenvalue weighted by molar-refractivity contribution is 5.92. The first-order valence-corrected chi connectivity index (χ1v) is 9.19. The molecule has 0 N–H and O–H groups in total. The van der Waals surface area contributed by atoms with E-state index >= 15 is 0 Å². The Kier molecular flexibility index (Phi) is 4.51. The van der Waals surface area contributed by atoms with Crippen molar-refractivity contribution in [2.45, 2.75) is 26.2 Å². The van der Waals surface area contributed by atoms with E-state index in [9.17, 15) is 0 Å². The van der Waals surface area contributed by atoms with Crippen molar-refractivity contribution in [2.75, 3.05) is 18.0 Å². The van der Waals surface area contributed by atoms with Crippen LogP contribution in [0.5, 0.6) is 0 Å². The Morgan fingerprint density at radius 3 is 2.60 bits per heavy atom. The number of aryl methyl sites for hydroxylation is 1. The van der Waals surface area contributed by atoms with E-state index in [0.717, 1.165) is 18.8 Å². The number of hydrogen-bond donors (Lipinski definition) is 0. The van der Waals surface area contributed by atoms with Crippen LogP contribution in [-0.2, 0) is 0 Å². The SMILES string of the molecule is Cc1cnc(C=Cc2cccc3ccccc23)cc1N1CCCCC1. The molecule has 1 aliphatic rings. The second-order valence-electron chi connectivity index (χ2n) is 6.85. The van der Waals surface area contributed by atoms with Gasteiger partial charge in [-0.3, -0.25) is 4.98 Å². The molecule has 1 aliphatic heterocycles. The number of fused-ring (bicyclic) bond motifs is 1. The molecule has 1 fully saturated rings. The van der Waals surface area contributed by atoms with Crippen LogP contribution in [0.25, 0.3) is 22.9 Å². The predicted octanol–water partition coefficient (Wildman–Crippen LogP) is 5.70. The highest BCUT2D eigenvalue weighted by Gasteiger charge is 2.13. The zero-order valence-electron chi connectivity index (χ0n) is 14.8. The monoisotopic (exact) mass is 328 g/mol. The smallest absolute Gasteiger partial charge is 0.0650 e. The fourth-order valence-corrected chi connectivity index (χ4v) is 3.67. The van der Waals surface area contributed by atoms with Crippen LogP contribution in [-0.4, -0.2) is 18.1 Å². The maximum atomic E-state index is 4.62. The van der Waals surface area contributed by atoms with Crippen molar-refractivity contribution in [3.05, 3.63) is 71.5 Å². The number of nitrogens with zero attached hydrogens (tertiary/aromatic N) is 2. The van der Waals surface area contributed by atoms with Gasteiger partial charge in [-0.05, 0) is 60.2 Å². The van der Waals surface area contributed by atoms with Crippen molar-refractivity contribution in [3.8, 4) is 0 Å². The summed E-state index contributed by atoms with van der Waals surface area (Å²) in [4.78, 5) is 7.13. The summed E-state index contributed by atoms with van der Waals surface area (Å²) in [7, 11) is 0. The summed E-state index contributed by atoms with van der Waals surface area (Å²) >= 11 is 0. The molecule has 1 aromatic heterocycles. The minimum atomic E-state index is 1.03. The van der Waals surface area contributed by atoms with Gasteiger partial charge in [-0.25, -0.2) is 0 Å². The fraction of sp³-hybridized carbons (Fsp3) is 0.261. The third-order valence-electron chi connectivity index (χ3n) is 5.05. The lowest BCUT2D eigenvalue weighted by molar-refractivity contribution is 0.577. The minimum absolute atomic E-state index is 1.03. The van der Waals surface area contributed by atoms with Crippen molar-refractivity contribution in [1.29, 1.82) is 0 Å². The van der Waals surface area contributed by atoms with Crippen LogP contribution in [0.15, 0.2) is 54.7 Å². The normalized spacial score (nSPS) is 15.2. The van der Waals surface area contributed by atoms with E-state index in [0.29, 0.717) is 0 Å². The molecule has 0 spiro atoms. The summed E-state index contributed by atoms with van der Waals surface area (Å²) < 4.78 is 0. The van der Waals surface area contributed by atoms with Gasteiger partial charge in [-0.15, -0.1) is 0 Å². The number of aromatic nitrogens is 1. The topological polar surface area (TPSA) is 16.1 Å². The molecule has 0 amide bonds. The molecule has 25 heavy (non-hydrogen) atoms. The van der Waals surface area contributed by atoms with E-state index in [1.54, 1.807) is 0 Å². The maximum absolute atomic E-state index is 4.62. The third-order valence-corrected chi connectivity index (χ3v) is 5.05. The van der Waals surface area contributed by atoms with Gasteiger partial charge in [-0.1, -0.05) is 48.5 Å². The van der Waals surface area contributed by atoms with Crippen LogP contribution >= 0.6 is 0 Å². The number of pyridine rings is 1. The van der Waals surface area contributed by atoms with Crippen molar-refractivity contribution in [1.82, 2.24) is 4.98 Å². The van der Waals surface area contributed by atoms with Gasteiger partial charge in [0.1, 0.15) is 0 Å². The van der Waals surface area contributed by atoms with Gasteiger partial charge >= 0.3 is 0 Å². The summed E-state index contributed by atoms with van der Waals surface area (Å²) in [5, 5.41) is 2.56. The highest BCUT2D eigenvalue weighted by Crippen LogP contribution is 2.25.